The van der Waals surface area contributed by atoms with Gasteiger partial charge in [0.25, 0.3) is 0 Å². The molecule has 0 atom stereocenters. The second-order valence-electron chi connectivity index (χ2n) is 2.85. The van der Waals surface area contributed by atoms with Crippen LogP contribution in [0.3, 0.4) is 0 Å². The zero-order valence-corrected chi connectivity index (χ0v) is 11.8. The first kappa shape index (κ1) is 18.7. The monoisotopic (exact) mass is 348 g/mol. The van der Waals surface area contributed by atoms with Gasteiger partial charge in [-0.1, -0.05) is 0 Å². The van der Waals surface area contributed by atoms with E-state index >= 15 is 0 Å². The largest absolute Gasteiger partial charge is 0.480 e. The predicted octanol–water partition coefficient (Wildman–Crippen LogP) is -2.18. The molecule has 9 heteroatoms. The summed E-state index contributed by atoms with van der Waals surface area (Å²) in [6.07, 6.45) is 0. The number of nitrogens with one attached hydrogen (secondary N) is 3. The number of carbonyl (C=O) groups is 3. The molecule has 0 unspecified atom stereocenters. The second-order valence-corrected chi connectivity index (χ2v) is 3.29. The standard InChI is InChI=1S/C8H15N3O4S.Tc/c12-6(10-1-2-16)3-9-4-7(13)11-5-8(14)15;/h9,16H,1-5H2,(H,10,12)(H,11,13)(H,14,15);/i;1+1. The van der Waals surface area contributed by atoms with Gasteiger partial charge in [-0.3, -0.25) is 19.7 Å². The Morgan fingerprint density at radius 2 is 1.53 bits per heavy atom. The maximum Gasteiger partial charge on any atom is 0.322 e. The van der Waals surface area contributed by atoms with Crippen LogP contribution in [0.1, 0.15) is 0 Å². The maximum atomic E-state index is 11.0. The van der Waals surface area contributed by atoms with Crippen molar-refractivity contribution in [2.45, 2.75) is 0 Å². The number of amides is 2. The molecule has 0 aromatic carbocycles. The van der Waals surface area contributed by atoms with Gasteiger partial charge in [-0.25, -0.2) is 0 Å². The van der Waals surface area contributed by atoms with Gasteiger partial charge in [0, 0.05) is 32.4 Å². The molecule has 1 radical (unpaired) electrons. The van der Waals surface area contributed by atoms with E-state index in [1.807, 2.05) is 0 Å². The molecule has 99 valence electrons. The maximum absolute atomic E-state index is 11.0. The fourth-order valence-corrected chi connectivity index (χ4v) is 0.896. The van der Waals surface area contributed by atoms with Crippen molar-refractivity contribution < 1.29 is 39.6 Å². The summed E-state index contributed by atoms with van der Waals surface area (Å²) in [7, 11) is 0. The van der Waals surface area contributed by atoms with Crippen molar-refractivity contribution in [3.63, 3.8) is 0 Å². The summed E-state index contributed by atoms with van der Waals surface area (Å²) >= 11 is 3.91. The number of rotatable bonds is 8. The minimum atomic E-state index is -1.11. The van der Waals surface area contributed by atoms with Crippen molar-refractivity contribution in [1.82, 2.24) is 16.0 Å². The average molecular weight is 348 g/mol. The van der Waals surface area contributed by atoms with Crippen molar-refractivity contribution in [2.75, 3.05) is 31.9 Å². The van der Waals surface area contributed by atoms with Crippen molar-refractivity contribution in [3.8, 4) is 0 Å². The molecule has 4 N–H and O–H groups in total. The van der Waals surface area contributed by atoms with Crippen molar-refractivity contribution >= 4 is 30.4 Å². The molecule has 0 heterocycles. The Kier molecular flexibility index (Phi) is 13.0. The summed E-state index contributed by atoms with van der Waals surface area (Å²) in [5, 5.41) is 15.5. The molecule has 17 heavy (non-hydrogen) atoms. The van der Waals surface area contributed by atoms with Gasteiger partial charge in [0.2, 0.25) is 11.8 Å². The molecule has 0 rings (SSSR count). The number of aliphatic carboxylic acids is 1. The molecule has 0 saturated heterocycles. The summed E-state index contributed by atoms with van der Waals surface area (Å²) in [6, 6.07) is 0. The Balaban J connectivity index is 0. The molecule has 7 nitrogen and oxygen atoms in total. The van der Waals surface area contributed by atoms with Crippen LogP contribution >= 0.6 is 12.6 Å². The average Bonchev–Trinajstić information content (AvgIpc) is 2.23. The van der Waals surface area contributed by atoms with Gasteiger partial charge >= 0.3 is 5.97 Å². The zero-order chi connectivity index (χ0) is 12.4. The van der Waals surface area contributed by atoms with Crippen LogP contribution in [0.15, 0.2) is 0 Å². The van der Waals surface area contributed by atoms with E-state index in [1.54, 1.807) is 0 Å². The van der Waals surface area contributed by atoms with Crippen molar-refractivity contribution in [2.24, 2.45) is 0 Å². The minimum absolute atomic E-state index is 0. The van der Waals surface area contributed by atoms with Gasteiger partial charge in [0.1, 0.15) is 6.54 Å². The van der Waals surface area contributed by atoms with E-state index in [0.717, 1.165) is 0 Å². The van der Waals surface area contributed by atoms with E-state index in [0.29, 0.717) is 12.3 Å². The van der Waals surface area contributed by atoms with E-state index < -0.39 is 18.4 Å². The first-order chi connectivity index (χ1) is 7.56. The fourth-order valence-electron chi connectivity index (χ4n) is 0.784. The zero-order valence-electron chi connectivity index (χ0n) is 9.03. The molecule has 0 fully saturated rings. The number of carboxylic acid groups (broad SMARTS) is 1. The van der Waals surface area contributed by atoms with E-state index in [4.69, 9.17) is 5.11 Å². The Hall–Kier alpha value is -0.631. The van der Waals surface area contributed by atoms with Crippen LogP contribution in [0.4, 0.5) is 0 Å². The predicted molar refractivity (Wildman–Crippen MR) is 60.4 cm³/mol. The molecular weight excluding hydrogens is 333 g/mol. The summed E-state index contributed by atoms with van der Waals surface area (Å²) < 4.78 is 0. The molecule has 0 bridgehead atoms. The number of carbonyl (C=O) groups excluding carboxylic acids is 2. The summed E-state index contributed by atoms with van der Waals surface area (Å²) in [4.78, 5) is 32.1. The topological polar surface area (TPSA) is 108 Å². The van der Waals surface area contributed by atoms with Gasteiger partial charge in [0.05, 0.1) is 13.1 Å². The Bertz CT molecular complexity index is 265. The van der Waals surface area contributed by atoms with Crippen LogP contribution in [0.2, 0.25) is 0 Å². The van der Waals surface area contributed by atoms with Crippen LogP contribution in [0.25, 0.3) is 0 Å². The third-order valence-electron chi connectivity index (χ3n) is 1.44. The van der Waals surface area contributed by atoms with Crippen LogP contribution in [-0.4, -0.2) is 54.8 Å². The first-order valence-electron chi connectivity index (χ1n) is 4.63. The Labute approximate surface area is 118 Å². The van der Waals surface area contributed by atoms with Crippen LogP contribution in [-0.2, 0) is 34.5 Å². The Morgan fingerprint density at radius 3 is 2.00 bits per heavy atom. The molecule has 0 aromatic rings. The normalized spacial score (nSPS) is 9.00. The summed E-state index contributed by atoms with van der Waals surface area (Å²) in [6.45, 7) is -0.0446. The van der Waals surface area contributed by atoms with E-state index in [-0.39, 0.29) is 39.1 Å². The SMILES string of the molecule is O=C(O)CNC(=O)CNCC(=O)NCCS.[99Tc]. The summed E-state index contributed by atoms with van der Waals surface area (Å²) in [5.74, 6) is -1.27. The summed E-state index contributed by atoms with van der Waals surface area (Å²) in [5.41, 5.74) is 0. The third kappa shape index (κ3) is 13.3. The number of carboxylic acids is 1. The molecule has 2 amide bonds. The van der Waals surface area contributed by atoms with Gasteiger partial charge in [-0.05, 0) is 0 Å². The third-order valence-corrected chi connectivity index (χ3v) is 1.67. The van der Waals surface area contributed by atoms with Crippen molar-refractivity contribution in [1.29, 1.82) is 0 Å². The van der Waals surface area contributed by atoms with Crippen LogP contribution < -0.4 is 16.0 Å². The van der Waals surface area contributed by atoms with Gasteiger partial charge in [-0.2, -0.15) is 12.6 Å². The minimum Gasteiger partial charge on any atom is -0.480 e. The molecule has 0 aliphatic rings. The number of hydrogen-bond acceptors (Lipinski definition) is 5. The fraction of sp³-hybridized carbons (Fsp3) is 0.625. The first-order valence-corrected chi connectivity index (χ1v) is 5.26. The molecular formula is C8H15N3O4STc. The van der Waals surface area contributed by atoms with Gasteiger partial charge in [0.15, 0.2) is 0 Å². The van der Waals surface area contributed by atoms with E-state index in [2.05, 4.69) is 28.6 Å². The number of hydrogen-bond donors (Lipinski definition) is 5. The van der Waals surface area contributed by atoms with E-state index in [1.165, 1.54) is 0 Å². The van der Waals surface area contributed by atoms with Crippen LogP contribution in [0, 0.1) is 0 Å². The molecule has 0 aliphatic heterocycles. The number of thiol groups is 1. The van der Waals surface area contributed by atoms with E-state index in [9.17, 15) is 14.4 Å². The van der Waals surface area contributed by atoms with Gasteiger partial charge < -0.3 is 15.7 Å². The Morgan fingerprint density at radius 1 is 1.00 bits per heavy atom. The van der Waals surface area contributed by atoms with Gasteiger partial charge in [-0.15, -0.1) is 0 Å². The molecule has 0 saturated carbocycles. The second kappa shape index (κ2) is 11.8. The van der Waals surface area contributed by atoms with Crippen molar-refractivity contribution in [3.05, 3.63) is 0 Å². The quantitative estimate of drug-likeness (QED) is 0.321. The smallest absolute Gasteiger partial charge is 0.322 e. The molecule has 0 aliphatic carbocycles. The molecule has 0 aromatic heterocycles. The van der Waals surface area contributed by atoms with Crippen LogP contribution in [0.5, 0.6) is 0 Å². The molecule has 0 spiro atoms.